The molecule has 1 aliphatic carbocycles. The van der Waals surface area contributed by atoms with E-state index in [1.165, 1.54) is 0 Å². The molecule has 1 aromatic rings. The summed E-state index contributed by atoms with van der Waals surface area (Å²) >= 11 is 3.38. The molecular weight excluding hydrogens is 310 g/mol. The van der Waals surface area contributed by atoms with Crippen LogP contribution in [0.3, 0.4) is 0 Å². The van der Waals surface area contributed by atoms with Gasteiger partial charge in [0.25, 0.3) is 5.91 Å². The lowest BCUT2D eigenvalue weighted by atomic mass is 10.1. The molecule has 0 saturated heterocycles. The summed E-state index contributed by atoms with van der Waals surface area (Å²) in [6, 6.07) is 5.35. The number of aliphatic hydroxyl groups is 1. The van der Waals surface area contributed by atoms with E-state index in [2.05, 4.69) is 21.2 Å². The third-order valence-corrected chi connectivity index (χ3v) is 4.02. The van der Waals surface area contributed by atoms with Crippen LogP contribution >= 0.6 is 15.9 Å². The minimum absolute atomic E-state index is 0.0755. The number of carbonyl (C=O) groups is 1. The van der Waals surface area contributed by atoms with Crippen LogP contribution in [0.25, 0.3) is 0 Å². The number of methoxy groups -OCH3 is 1. The Labute approximate surface area is 121 Å². The van der Waals surface area contributed by atoms with Gasteiger partial charge in [0.1, 0.15) is 5.75 Å². The van der Waals surface area contributed by atoms with Crippen LogP contribution in [0.15, 0.2) is 22.7 Å². The summed E-state index contributed by atoms with van der Waals surface area (Å²) in [5.41, 5.74) is 0.587. The molecule has 4 nitrogen and oxygen atoms in total. The summed E-state index contributed by atoms with van der Waals surface area (Å²) in [6.07, 6.45) is 2.88. The van der Waals surface area contributed by atoms with Crippen LogP contribution in [0, 0.1) is 5.92 Å². The van der Waals surface area contributed by atoms with Crippen molar-refractivity contribution in [3.05, 3.63) is 28.2 Å². The molecule has 0 bridgehead atoms. The zero-order valence-corrected chi connectivity index (χ0v) is 12.4. The predicted octanol–water partition coefficient (Wildman–Crippen LogP) is 2.35. The topological polar surface area (TPSA) is 58.6 Å². The molecule has 2 rings (SSSR count). The Morgan fingerprint density at radius 3 is 2.84 bits per heavy atom. The Hall–Kier alpha value is -1.07. The highest BCUT2D eigenvalue weighted by Gasteiger charge is 2.32. The van der Waals surface area contributed by atoms with Gasteiger partial charge in [-0.25, -0.2) is 0 Å². The Morgan fingerprint density at radius 2 is 2.32 bits per heavy atom. The van der Waals surface area contributed by atoms with Crippen LogP contribution in [0.1, 0.15) is 29.6 Å². The number of ether oxygens (including phenoxy) is 1. The molecule has 2 N–H and O–H groups in total. The molecule has 19 heavy (non-hydrogen) atoms. The number of hydrogen-bond acceptors (Lipinski definition) is 3. The zero-order valence-electron chi connectivity index (χ0n) is 10.9. The van der Waals surface area contributed by atoms with Crippen LogP contribution in [0.5, 0.6) is 5.75 Å². The van der Waals surface area contributed by atoms with Crippen LogP contribution in [-0.2, 0) is 0 Å². The average molecular weight is 328 g/mol. The predicted molar refractivity (Wildman–Crippen MR) is 76.4 cm³/mol. The molecule has 1 saturated carbocycles. The highest BCUT2D eigenvalue weighted by Crippen LogP contribution is 2.34. The van der Waals surface area contributed by atoms with Crippen molar-refractivity contribution in [3.63, 3.8) is 0 Å². The first-order valence-corrected chi connectivity index (χ1v) is 7.20. The summed E-state index contributed by atoms with van der Waals surface area (Å²) < 4.78 is 5.81. The van der Waals surface area contributed by atoms with E-state index in [9.17, 15) is 4.79 Å². The van der Waals surface area contributed by atoms with Gasteiger partial charge >= 0.3 is 0 Å². The normalized spacial score (nSPS) is 15.9. The molecule has 104 valence electrons. The molecule has 1 aliphatic rings. The summed E-state index contributed by atoms with van der Waals surface area (Å²) in [5, 5.41) is 12.0. The van der Waals surface area contributed by atoms with E-state index >= 15 is 0 Å². The number of aliphatic hydroxyl groups excluding tert-OH is 1. The smallest absolute Gasteiger partial charge is 0.252 e. The first-order valence-electron chi connectivity index (χ1n) is 6.41. The summed E-state index contributed by atoms with van der Waals surface area (Å²) in [4.78, 5) is 12.2. The standard InChI is InChI=1S/C14H18BrNO3/c1-19-10-4-5-11(12(15)8-10)14(18)16-13(6-7-17)9-2-3-9/h4-5,8-9,13,17H,2-3,6-7H2,1H3,(H,16,18). The van der Waals surface area contributed by atoms with E-state index in [0.29, 0.717) is 28.1 Å². The number of halogens is 1. The molecule has 0 heterocycles. The molecule has 1 aromatic carbocycles. The largest absolute Gasteiger partial charge is 0.497 e. The quantitative estimate of drug-likeness (QED) is 0.843. The Morgan fingerprint density at radius 1 is 1.58 bits per heavy atom. The van der Waals surface area contributed by atoms with Crippen LogP contribution in [0.2, 0.25) is 0 Å². The summed E-state index contributed by atoms with van der Waals surface area (Å²) in [5.74, 6) is 1.12. The van der Waals surface area contributed by atoms with Crippen molar-refractivity contribution in [2.75, 3.05) is 13.7 Å². The number of benzene rings is 1. The monoisotopic (exact) mass is 327 g/mol. The molecule has 1 atom stereocenters. The maximum Gasteiger partial charge on any atom is 0.252 e. The minimum atomic E-state index is -0.111. The molecule has 1 unspecified atom stereocenters. The minimum Gasteiger partial charge on any atom is -0.497 e. The van der Waals surface area contributed by atoms with Crippen LogP contribution < -0.4 is 10.1 Å². The third kappa shape index (κ3) is 3.70. The van der Waals surface area contributed by atoms with Crippen LogP contribution in [0.4, 0.5) is 0 Å². The van der Waals surface area contributed by atoms with E-state index in [0.717, 1.165) is 12.8 Å². The maximum absolute atomic E-state index is 12.2. The second-order valence-electron chi connectivity index (χ2n) is 4.78. The van der Waals surface area contributed by atoms with Crippen molar-refractivity contribution in [3.8, 4) is 5.75 Å². The van der Waals surface area contributed by atoms with Crippen molar-refractivity contribution < 1.29 is 14.6 Å². The molecule has 0 spiro atoms. The highest BCUT2D eigenvalue weighted by molar-refractivity contribution is 9.10. The lowest BCUT2D eigenvalue weighted by molar-refractivity contribution is 0.0923. The number of nitrogens with one attached hydrogen (secondary N) is 1. The van der Waals surface area contributed by atoms with Crippen molar-refractivity contribution >= 4 is 21.8 Å². The Bertz CT molecular complexity index is 460. The molecular formula is C14H18BrNO3. The fourth-order valence-electron chi connectivity index (χ4n) is 2.12. The van der Waals surface area contributed by atoms with E-state index in [1.807, 2.05) is 0 Å². The van der Waals surface area contributed by atoms with Crippen molar-refractivity contribution in [2.45, 2.75) is 25.3 Å². The average Bonchev–Trinajstić information content (AvgIpc) is 3.22. The van der Waals surface area contributed by atoms with Crippen molar-refractivity contribution in [1.29, 1.82) is 0 Å². The van der Waals surface area contributed by atoms with Gasteiger partial charge in [-0.3, -0.25) is 4.79 Å². The second kappa shape index (κ2) is 6.39. The van der Waals surface area contributed by atoms with E-state index in [-0.39, 0.29) is 18.6 Å². The highest BCUT2D eigenvalue weighted by atomic mass is 79.9. The maximum atomic E-state index is 12.2. The molecule has 1 amide bonds. The Kier molecular flexibility index (Phi) is 4.82. The fourth-order valence-corrected chi connectivity index (χ4v) is 2.65. The van der Waals surface area contributed by atoms with E-state index < -0.39 is 0 Å². The summed E-state index contributed by atoms with van der Waals surface area (Å²) in [7, 11) is 1.59. The van der Waals surface area contributed by atoms with Crippen molar-refractivity contribution in [2.24, 2.45) is 5.92 Å². The molecule has 0 aliphatic heterocycles. The van der Waals surface area contributed by atoms with E-state index in [1.54, 1.807) is 25.3 Å². The molecule has 0 aromatic heterocycles. The lowest BCUT2D eigenvalue weighted by Crippen LogP contribution is -2.37. The number of hydrogen-bond donors (Lipinski definition) is 2. The second-order valence-corrected chi connectivity index (χ2v) is 5.63. The molecule has 1 fully saturated rings. The van der Waals surface area contributed by atoms with Crippen LogP contribution in [-0.4, -0.2) is 30.8 Å². The number of amides is 1. The van der Waals surface area contributed by atoms with Gasteiger partial charge in [-0.1, -0.05) is 0 Å². The van der Waals surface area contributed by atoms with Gasteiger partial charge < -0.3 is 15.2 Å². The number of rotatable bonds is 6. The zero-order chi connectivity index (χ0) is 13.8. The van der Waals surface area contributed by atoms with E-state index in [4.69, 9.17) is 9.84 Å². The SMILES string of the molecule is COc1ccc(C(=O)NC(CCO)C2CC2)c(Br)c1. The summed E-state index contributed by atoms with van der Waals surface area (Å²) in [6.45, 7) is 0.102. The number of carbonyl (C=O) groups excluding carboxylic acids is 1. The first-order chi connectivity index (χ1) is 9.15. The third-order valence-electron chi connectivity index (χ3n) is 3.37. The van der Waals surface area contributed by atoms with Gasteiger partial charge in [0.15, 0.2) is 0 Å². The van der Waals surface area contributed by atoms with Gasteiger partial charge in [-0.15, -0.1) is 0 Å². The van der Waals surface area contributed by atoms with Gasteiger partial charge in [0, 0.05) is 17.1 Å². The molecule has 0 radical (unpaired) electrons. The van der Waals surface area contributed by atoms with Gasteiger partial charge in [-0.2, -0.15) is 0 Å². The van der Waals surface area contributed by atoms with Gasteiger partial charge in [0.05, 0.1) is 12.7 Å². The Balaban J connectivity index is 2.06. The lowest BCUT2D eigenvalue weighted by Gasteiger charge is -2.17. The van der Waals surface area contributed by atoms with Crippen molar-refractivity contribution in [1.82, 2.24) is 5.32 Å². The fraction of sp³-hybridized carbons (Fsp3) is 0.500. The van der Waals surface area contributed by atoms with Gasteiger partial charge in [-0.05, 0) is 59.3 Å². The van der Waals surface area contributed by atoms with Gasteiger partial charge in [0.2, 0.25) is 0 Å². The molecule has 5 heteroatoms. The first kappa shape index (κ1) is 14.3.